The number of benzene rings is 1. The molecule has 0 aliphatic heterocycles. The Bertz CT molecular complexity index is 855. The molecule has 1 amide bonds. The smallest absolute Gasteiger partial charge is 0.258 e. The number of hydrogen-bond donors (Lipinski definition) is 1. The highest BCUT2D eigenvalue weighted by molar-refractivity contribution is 5.78. The van der Waals surface area contributed by atoms with E-state index in [0.29, 0.717) is 11.1 Å². The number of nitrogens with zero attached hydrogens (tertiary/aromatic N) is 1. The molecule has 6 heteroatoms. The fraction of sp³-hybridized carbons (Fsp3) is 0.429. The first-order valence-corrected chi connectivity index (χ1v) is 9.41. The summed E-state index contributed by atoms with van der Waals surface area (Å²) in [7, 11) is 1.64. The quantitative estimate of drug-likeness (QED) is 0.819. The lowest BCUT2D eigenvalue weighted by Gasteiger charge is -2.16. The number of rotatable bonds is 5. The van der Waals surface area contributed by atoms with Crippen LogP contribution in [0.5, 0.6) is 5.75 Å². The second kappa shape index (κ2) is 8.84. The van der Waals surface area contributed by atoms with E-state index in [4.69, 9.17) is 4.74 Å². The zero-order valence-corrected chi connectivity index (χ0v) is 15.5. The van der Waals surface area contributed by atoms with Gasteiger partial charge in [0.05, 0.1) is 0 Å². The van der Waals surface area contributed by atoms with E-state index in [1.54, 1.807) is 25.4 Å². The van der Waals surface area contributed by atoms with Gasteiger partial charge in [0.1, 0.15) is 11.6 Å². The molecule has 1 aliphatic carbocycles. The maximum absolute atomic E-state index is 14.0. The fourth-order valence-corrected chi connectivity index (χ4v) is 3.42. The average Bonchev–Trinajstić information content (AvgIpc) is 2.90. The molecule has 0 bridgehead atoms. The fourth-order valence-electron chi connectivity index (χ4n) is 3.42. The molecule has 1 aromatic carbocycles. The normalized spacial score (nSPS) is 15.2. The van der Waals surface area contributed by atoms with Gasteiger partial charge in [-0.25, -0.2) is 4.39 Å². The van der Waals surface area contributed by atoms with Gasteiger partial charge in [0, 0.05) is 31.4 Å². The minimum Gasteiger partial charge on any atom is -0.484 e. The number of hydrogen-bond acceptors (Lipinski definition) is 3. The highest BCUT2D eigenvalue weighted by Gasteiger charge is 2.15. The van der Waals surface area contributed by atoms with Crippen molar-refractivity contribution < 1.29 is 13.9 Å². The zero-order chi connectivity index (χ0) is 19.2. The minimum atomic E-state index is -0.458. The van der Waals surface area contributed by atoms with Gasteiger partial charge in [-0.3, -0.25) is 9.59 Å². The maximum atomic E-state index is 14.0. The third kappa shape index (κ3) is 5.42. The van der Waals surface area contributed by atoms with E-state index in [2.05, 4.69) is 5.32 Å². The third-order valence-corrected chi connectivity index (χ3v) is 4.88. The summed E-state index contributed by atoms with van der Waals surface area (Å²) in [6.07, 6.45) is 8.36. The van der Waals surface area contributed by atoms with Crippen molar-refractivity contribution in [2.24, 2.45) is 7.05 Å². The van der Waals surface area contributed by atoms with Gasteiger partial charge in [0.25, 0.3) is 5.91 Å². The molecule has 0 saturated heterocycles. The number of carbonyl (C=O) groups is 1. The lowest BCUT2D eigenvalue weighted by molar-refractivity contribution is -0.123. The van der Waals surface area contributed by atoms with Gasteiger partial charge >= 0.3 is 0 Å². The summed E-state index contributed by atoms with van der Waals surface area (Å²) in [6, 6.07) is 7.57. The summed E-state index contributed by atoms with van der Waals surface area (Å²) >= 11 is 0. The summed E-state index contributed by atoms with van der Waals surface area (Å²) < 4.78 is 20.9. The lowest BCUT2D eigenvalue weighted by Crippen LogP contribution is -2.37. The second-order valence-corrected chi connectivity index (χ2v) is 7.09. The molecule has 1 N–H and O–H groups in total. The van der Waals surface area contributed by atoms with Crippen molar-refractivity contribution in [2.75, 3.05) is 6.61 Å². The largest absolute Gasteiger partial charge is 0.484 e. The molecule has 144 valence electrons. The van der Waals surface area contributed by atoms with Crippen molar-refractivity contribution >= 4 is 5.91 Å². The van der Waals surface area contributed by atoms with Gasteiger partial charge in [0.15, 0.2) is 6.61 Å². The van der Waals surface area contributed by atoms with E-state index in [-0.39, 0.29) is 29.9 Å². The van der Waals surface area contributed by atoms with E-state index in [1.807, 2.05) is 0 Å². The van der Waals surface area contributed by atoms with Crippen LogP contribution in [0.3, 0.4) is 0 Å². The number of amides is 1. The van der Waals surface area contributed by atoms with Crippen LogP contribution in [0.2, 0.25) is 0 Å². The molecule has 0 atom stereocenters. The van der Waals surface area contributed by atoms with Gasteiger partial charge in [-0.2, -0.15) is 0 Å². The first-order valence-electron chi connectivity index (χ1n) is 9.41. The Kier molecular flexibility index (Phi) is 6.27. The number of aromatic nitrogens is 1. The number of ether oxygens (including phenoxy) is 1. The Morgan fingerprint density at radius 1 is 1.15 bits per heavy atom. The lowest BCUT2D eigenvalue weighted by atomic mass is 10.1. The van der Waals surface area contributed by atoms with Crippen molar-refractivity contribution in [1.29, 1.82) is 0 Å². The predicted octanol–water partition coefficient (Wildman–Crippen LogP) is 3.41. The van der Waals surface area contributed by atoms with Gasteiger partial charge in [-0.1, -0.05) is 25.7 Å². The van der Waals surface area contributed by atoms with Crippen molar-refractivity contribution in [2.45, 2.75) is 44.6 Å². The van der Waals surface area contributed by atoms with Crippen molar-refractivity contribution in [3.63, 3.8) is 0 Å². The molecule has 0 radical (unpaired) electrons. The van der Waals surface area contributed by atoms with Crippen LogP contribution >= 0.6 is 0 Å². The zero-order valence-electron chi connectivity index (χ0n) is 15.5. The van der Waals surface area contributed by atoms with E-state index < -0.39 is 5.82 Å². The Labute approximate surface area is 158 Å². The molecule has 3 rings (SSSR count). The third-order valence-electron chi connectivity index (χ3n) is 4.88. The first-order chi connectivity index (χ1) is 13.0. The standard InChI is InChI=1S/C21H25FN2O3/c1-24-13-15(8-9-21(24)26)16-10-17(22)12-19(11-16)27-14-20(25)23-18-6-4-2-3-5-7-18/h8-13,18H,2-7,14H2,1H3,(H,23,25). The van der Waals surface area contributed by atoms with Crippen LogP contribution in [0.15, 0.2) is 41.3 Å². The molecule has 2 aromatic rings. The van der Waals surface area contributed by atoms with Gasteiger partial charge < -0.3 is 14.6 Å². The number of carbonyl (C=O) groups excluding carboxylic acids is 1. The van der Waals surface area contributed by atoms with Crippen LogP contribution in [0.4, 0.5) is 4.39 Å². The highest BCUT2D eigenvalue weighted by atomic mass is 19.1. The second-order valence-electron chi connectivity index (χ2n) is 7.09. The predicted molar refractivity (Wildman–Crippen MR) is 102 cm³/mol. The molecular weight excluding hydrogens is 347 g/mol. The molecule has 5 nitrogen and oxygen atoms in total. The summed E-state index contributed by atoms with van der Waals surface area (Å²) in [6.45, 7) is -0.146. The van der Waals surface area contributed by atoms with Gasteiger partial charge in [0.2, 0.25) is 5.56 Å². The molecule has 0 unspecified atom stereocenters. The van der Waals surface area contributed by atoms with Crippen LogP contribution in [0.1, 0.15) is 38.5 Å². The van der Waals surface area contributed by atoms with Gasteiger partial charge in [-0.15, -0.1) is 0 Å². The van der Waals surface area contributed by atoms with E-state index in [0.717, 1.165) is 25.7 Å². The molecule has 1 aliphatic rings. The summed E-state index contributed by atoms with van der Waals surface area (Å²) in [5, 5.41) is 3.01. The molecule has 27 heavy (non-hydrogen) atoms. The van der Waals surface area contributed by atoms with E-state index in [9.17, 15) is 14.0 Å². The summed E-state index contributed by atoms with van der Waals surface area (Å²) in [4.78, 5) is 23.7. The number of nitrogens with one attached hydrogen (secondary N) is 1. The van der Waals surface area contributed by atoms with Crippen LogP contribution in [-0.2, 0) is 11.8 Å². The SMILES string of the molecule is Cn1cc(-c2cc(F)cc(OCC(=O)NC3CCCCCC3)c2)ccc1=O. The Morgan fingerprint density at radius 3 is 2.59 bits per heavy atom. The minimum absolute atomic E-state index is 0.137. The topological polar surface area (TPSA) is 60.3 Å². The molecule has 1 heterocycles. The monoisotopic (exact) mass is 372 g/mol. The maximum Gasteiger partial charge on any atom is 0.258 e. The van der Waals surface area contributed by atoms with Crippen molar-refractivity contribution in [3.05, 3.63) is 52.7 Å². The Balaban J connectivity index is 1.64. The Hall–Kier alpha value is -2.63. The number of halogens is 1. The molecule has 1 aromatic heterocycles. The number of pyridine rings is 1. The Morgan fingerprint density at radius 2 is 1.89 bits per heavy atom. The van der Waals surface area contributed by atoms with Crippen LogP contribution in [0, 0.1) is 5.82 Å². The van der Waals surface area contributed by atoms with Gasteiger partial charge in [-0.05, 0) is 42.2 Å². The van der Waals surface area contributed by atoms with Crippen LogP contribution in [-0.4, -0.2) is 23.1 Å². The van der Waals surface area contributed by atoms with Crippen LogP contribution < -0.4 is 15.6 Å². The van der Waals surface area contributed by atoms with Crippen molar-refractivity contribution in [1.82, 2.24) is 9.88 Å². The average molecular weight is 372 g/mol. The summed E-state index contributed by atoms with van der Waals surface area (Å²) in [5.74, 6) is -0.356. The van der Waals surface area contributed by atoms with Crippen molar-refractivity contribution in [3.8, 4) is 16.9 Å². The van der Waals surface area contributed by atoms with E-state index >= 15 is 0 Å². The highest BCUT2D eigenvalue weighted by Crippen LogP contribution is 2.25. The molecule has 0 spiro atoms. The first kappa shape index (κ1) is 19.1. The molecule has 1 fully saturated rings. The summed E-state index contributed by atoms with van der Waals surface area (Å²) in [5.41, 5.74) is 1.15. The number of aryl methyl sites for hydroxylation is 1. The van der Waals surface area contributed by atoms with E-state index in [1.165, 1.54) is 35.6 Å². The van der Waals surface area contributed by atoms with Crippen LogP contribution in [0.25, 0.3) is 11.1 Å². The molecular formula is C21H25FN2O3. The molecule has 1 saturated carbocycles.